The van der Waals surface area contributed by atoms with Crippen molar-refractivity contribution >= 4 is 23.0 Å². The van der Waals surface area contributed by atoms with Gasteiger partial charge in [0, 0.05) is 18.1 Å². The smallest absolute Gasteiger partial charge is 0.292 e. The van der Waals surface area contributed by atoms with E-state index in [-0.39, 0.29) is 11.7 Å². The fourth-order valence-corrected chi connectivity index (χ4v) is 2.82. The molecule has 2 rings (SSSR count). The lowest BCUT2D eigenvalue weighted by Crippen LogP contribution is -2.43. The zero-order valence-electron chi connectivity index (χ0n) is 10.8. The highest BCUT2D eigenvalue weighted by atomic mass is 35.5. The molecule has 0 heterocycles. The van der Waals surface area contributed by atoms with Crippen LogP contribution in [0.25, 0.3) is 0 Å². The Morgan fingerprint density at radius 1 is 1.42 bits per heavy atom. The molecule has 0 spiro atoms. The van der Waals surface area contributed by atoms with Crippen LogP contribution in [0.5, 0.6) is 0 Å². The molecule has 0 aromatic heterocycles. The van der Waals surface area contributed by atoms with E-state index in [9.17, 15) is 15.2 Å². The molecule has 1 N–H and O–H groups in total. The molecule has 0 aliphatic heterocycles. The number of likely N-dealkylation sites (N-methyl/N-ethyl adjacent to an activating group) is 1. The van der Waals surface area contributed by atoms with Crippen molar-refractivity contribution in [3.05, 3.63) is 33.3 Å². The molecule has 19 heavy (non-hydrogen) atoms. The van der Waals surface area contributed by atoms with E-state index in [1.807, 2.05) is 0 Å². The molecule has 2 atom stereocenters. The Labute approximate surface area is 116 Å². The summed E-state index contributed by atoms with van der Waals surface area (Å²) in [5.41, 5.74) is 0.480. The van der Waals surface area contributed by atoms with Gasteiger partial charge in [-0.2, -0.15) is 0 Å². The van der Waals surface area contributed by atoms with Crippen LogP contribution in [0.4, 0.5) is 11.4 Å². The first-order valence-electron chi connectivity index (χ1n) is 6.35. The van der Waals surface area contributed by atoms with Gasteiger partial charge in [0.2, 0.25) is 0 Å². The van der Waals surface area contributed by atoms with E-state index in [1.54, 1.807) is 18.0 Å². The minimum atomic E-state index is -0.447. The number of nitrogens with zero attached hydrogens (tertiary/aromatic N) is 2. The summed E-state index contributed by atoms with van der Waals surface area (Å²) >= 11 is 5.93. The van der Waals surface area contributed by atoms with E-state index in [2.05, 4.69) is 0 Å². The van der Waals surface area contributed by atoms with E-state index in [0.29, 0.717) is 10.7 Å². The highest BCUT2D eigenvalue weighted by Gasteiger charge is 2.30. The monoisotopic (exact) mass is 284 g/mol. The van der Waals surface area contributed by atoms with Crippen molar-refractivity contribution in [2.24, 2.45) is 0 Å². The standard InChI is InChI=1S/C13H17ClN2O3/c1-15(11-4-2-3-5-13(11)17)12-8-9(14)6-7-10(12)16(18)19/h6-8,11,13,17H,2-5H2,1H3. The molecule has 0 saturated heterocycles. The zero-order valence-corrected chi connectivity index (χ0v) is 11.5. The van der Waals surface area contributed by atoms with Crippen molar-refractivity contribution < 1.29 is 10.0 Å². The predicted molar refractivity (Wildman–Crippen MR) is 74.8 cm³/mol. The van der Waals surface area contributed by atoms with Gasteiger partial charge >= 0.3 is 0 Å². The van der Waals surface area contributed by atoms with Gasteiger partial charge in [0.25, 0.3) is 5.69 Å². The van der Waals surface area contributed by atoms with Gasteiger partial charge in [0.1, 0.15) is 5.69 Å². The molecule has 0 amide bonds. The van der Waals surface area contributed by atoms with Gasteiger partial charge < -0.3 is 10.0 Å². The Hall–Kier alpha value is -1.33. The second-order valence-corrected chi connectivity index (χ2v) is 5.36. The average molecular weight is 285 g/mol. The van der Waals surface area contributed by atoms with Gasteiger partial charge in [-0.1, -0.05) is 24.4 Å². The number of anilines is 1. The van der Waals surface area contributed by atoms with Crippen LogP contribution < -0.4 is 4.90 Å². The van der Waals surface area contributed by atoms with Crippen molar-refractivity contribution in [1.29, 1.82) is 0 Å². The quantitative estimate of drug-likeness (QED) is 0.684. The van der Waals surface area contributed by atoms with Crippen LogP contribution in [0.15, 0.2) is 18.2 Å². The number of nitro groups is 1. The second-order valence-electron chi connectivity index (χ2n) is 4.92. The minimum absolute atomic E-state index is 0.0182. The maximum Gasteiger partial charge on any atom is 0.292 e. The van der Waals surface area contributed by atoms with Crippen molar-refractivity contribution in [3.8, 4) is 0 Å². The first kappa shape index (κ1) is 14.1. The number of aliphatic hydroxyl groups is 1. The Balaban J connectivity index is 2.34. The number of halogens is 1. The second kappa shape index (κ2) is 5.75. The van der Waals surface area contributed by atoms with Gasteiger partial charge in [-0.05, 0) is 25.0 Å². The number of benzene rings is 1. The van der Waals surface area contributed by atoms with Crippen molar-refractivity contribution in [2.45, 2.75) is 37.8 Å². The molecule has 5 nitrogen and oxygen atoms in total. The number of hydrogen-bond acceptors (Lipinski definition) is 4. The molecule has 2 unspecified atom stereocenters. The lowest BCUT2D eigenvalue weighted by molar-refractivity contribution is -0.384. The molecule has 104 valence electrons. The third-order valence-corrected chi connectivity index (χ3v) is 3.94. The maximum absolute atomic E-state index is 11.1. The summed E-state index contributed by atoms with van der Waals surface area (Å²) in [6, 6.07) is 4.41. The van der Waals surface area contributed by atoms with E-state index in [0.717, 1.165) is 25.7 Å². The third kappa shape index (κ3) is 2.98. The molecule has 0 radical (unpaired) electrons. The molecular formula is C13H17ClN2O3. The lowest BCUT2D eigenvalue weighted by Gasteiger charge is -2.36. The molecular weight excluding hydrogens is 268 g/mol. The average Bonchev–Trinajstić information content (AvgIpc) is 2.38. The molecule has 1 fully saturated rings. The van der Waals surface area contributed by atoms with Gasteiger partial charge in [0.15, 0.2) is 0 Å². The Kier molecular flexibility index (Phi) is 4.27. The highest BCUT2D eigenvalue weighted by Crippen LogP contribution is 2.34. The fraction of sp³-hybridized carbons (Fsp3) is 0.538. The maximum atomic E-state index is 11.1. The summed E-state index contributed by atoms with van der Waals surface area (Å²) in [5.74, 6) is 0. The van der Waals surface area contributed by atoms with Gasteiger partial charge in [0.05, 0.1) is 17.1 Å². The van der Waals surface area contributed by atoms with Crippen molar-refractivity contribution in [1.82, 2.24) is 0 Å². The molecule has 1 aromatic rings. The molecule has 1 saturated carbocycles. The largest absolute Gasteiger partial charge is 0.391 e. The Morgan fingerprint density at radius 3 is 2.74 bits per heavy atom. The fourth-order valence-electron chi connectivity index (χ4n) is 2.66. The highest BCUT2D eigenvalue weighted by molar-refractivity contribution is 6.31. The van der Waals surface area contributed by atoms with Gasteiger partial charge in [-0.15, -0.1) is 0 Å². The number of nitro benzene ring substituents is 1. The SMILES string of the molecule is CN(c1cc(Cl)ccc1[N+](=O)[O-])C1CCCCC1O. The van der Waals surface area contributed by atoms with Crippen LogP contribution >= 0.6 is 11.6 Å². The minimum Gasteiger partial charge on any atom is -0.391 e. The molecule has 6 heteroatoms. The van der Waals surface area contributed by atoms with Crippen molar-refractivity contribution in [2.75, 3.05) is 11.9 Å². The topological polar surface area (TPSA) is 66.6 Å². The van der Waals surface area contributed by atoms with Gasteiger partial charge in [-0.25, -0.2) is 0 Å². The lowest BCUT2D eigenvalue weighted by atomic mass is 9.91. The summed E-state index contributed by atoms with van der Waals surface area (Å²) in [6.45, 7) is 0. The van der Waals surface area contributed by atoms with E-state index < -0.39 is 11.0 Å². The summed E-state index contributed by atoms with van der Waals surface area (Å²) in [7, 11) is 1.78. The molecule has 0 bridgehead atoms. The van der Waals surface area contributed by atoms with Crippen LogP contribution in [0.1, 0.15) is 25.7 Å². The summed E-state index contributed by atoms with van der Waals surface area (Å²) in [5, 5.41) is 21.6. The van der Waals surface area contributed by atoms with Crippen LogP contribution in [0.2, 0.25) is 5.02 Å². The predicted octanol–water partition coefficient (Wildman–Crippen LogP) is 2.99. The molecule has 1 aliphatic carbocycles. The Morgan fingerprint density at radius 2 is 2.11 bits per heavy atom. The van der Waals surface area contributed by atoms with Crippen molar-refractivity contribution in [3.63, 3.8) is 0 Å². The summed E-state index contributed by atoms with van der Waals surface area (Å²) in [4.78, 5) is 12.4. The number of aliphatic hydroxyl groups excluding tert-OH is 1. The first-order chi connectivity index (χ1) is 9.00. The van der Waals surface area contributed by atoms with Crippen LogP contribution in [0, 0.1) is 10.1 Å². The van der Waals surface area contributed by atoms with Crippen LogP contribution in [-0.4, -0.2) is 29.2 Å². The summed E-state index contributed by atoms with van der Waals surface area (Å²) < 4.78 is 0. The first-order valence-corrected chi connectivity index (χ1v) is 6.73. The third-order valence-electron chi connectivity index (χ3n) is 3.71. The van der Waals surface area contributed by atoms with E-state index in [4.69, 9.17) is 11.6 Å². The van der Waals surface area contributed by atoms with Crippen LogP contribution in [0.3, 0.4) is 0 Å². The van der Waals surface area contributed by atoms with E-state index in [1.165, 1.54) is 12.1 Å². The van der Waals surface area contributed by atoms with E-state index >= 15 is 0 Å². The normalized spacial score (nSPS) is 23.1. The Bertz CT molecular complexity index is 481. The molecule has 1 aliphatic rings. The number of hydrogen-bond donors (Lipinski definition) is 1. The number of rotatable bonds is 3. The zero-order chi connectivity index (χ0) is 14.0. The van der Waals surface area contributed by atoms with Gasteiger partial charge in [-0.3, -0.25) is 10.1 Å². The molecule has 1 aromatic carbocycles. The summed E-state index contributed by atoms with van der Waals surface area (Å²) in [6.07, 6.45) is 3.16. The van der Waals surface area contributed by atoms with Crippen LogP contribution in [-0.2, 0) is 0 Å².